The van der Waals surface area contributed by atoms with Crippen LogP contribution in [0, 0.1) is 12.7 Å². The highest BCUT2D eigenvalue weighted by molar-refractivity contribution is 6.30. The van der Waals surface area contributed by atoms with E-state index in [0.29, 0.717) is 5.69 Å². The number of carbonyl (C=O) groups is 1. The fourth-order valence-electron chi connectivity index (χ4n) is 3.08. The summed E-state index contributed by atoms with van der Waals surface area (Å²) in [7, 11) is 0. The zero-order valence-electron chi connectivity index (χ0n) is 14.6. The van der Waals surface area contributed by atoms with Gasteiger partial charge in [0, 0.05) is 0 Å². The lowest BCUT2D eigenvalue weighted by atomic mass is 10.1. The zero-order valence-corrected chi connectivity index (χ0v) is 16.2. The minimum atomic E-state index is -0.482. The highest BCUT2D eigenvalue weighted by Gasteiger charge is 2.23. The molecule has 1 aromatic heterocycles. The van der Waals surface area contributed by atoms with Gasteiger partial charge >= 0.3 is 0 Å². The predicted molar refractivity (Wildman–Crippen MR) is 100 cm³/mol. The van der Waals surface area contributed by atoms with Gasteiger partial charge in [-0.3, -0.25) is 4.79 Å². The van der Waals surface area contributed by atoms with E-state index in [0.717, 1.165) is 37.2 Å². The molecule has 0 aliphatic carbocycles. The lowest BCUT2D eigenvalue weighted by Crippen LogP contribution is -2.31. The maximum atomic E-state index is 13.3. The number of carbonyl (C=O) groups excluding carboxylic acids is 1. The average Bonchev–Trinajstić information content (AvgIpc) is 2.99. The topological polar surface area (TPSA) is 71.8 Å². The Balaban J connectivity index is 0.00000243. The van der Waals surface area contributed by atoms with Crippen LogP contribution in [0.4, 0.5) is 4.39 Å². The number of aromatic nitrogens is 3. The third-order valence-corrected chi connectivity index (χ3v) is 4.88. The van der Waals surface area contributed by atoms with Gasteiger partial charge in [-0.15, -0.1) is 17.5 Å². The van der Waals surface area contributed by atoms with Gasteiger partial charge in [-0.2, -0.15) is 0 Å². The monoisotopic (exact) mass is 401 g/mol. The van der Waals surface area contributed by atoms with Crippen LogP contribution < -0.4 is 10.6 Å². The fraction of sp³-hybridized carbons (Fsp3) is 0.471. The van der Waals surface area contributed by atoms with Crippen molar-refractivity contribution in [1.29, 1.82) is 0 Å². The number of benzene rings is 1. The molecule has 0 bridgehead atoms. The van der Waals surface area contributed by atoms with E-state index in [1.807, 2.05) is 18.5 Å². The maximum absolute atomic E-state index is 13.3. The number of halogens is 3. The Hall–Kier alpha value is -1.70. The molecule has 1 amide bonds. The fourth-order valence-corrected chi connectivity index (χ4v) is 3.27. The molecule has 1 unspecified atom stereocenters. The van der Waals surface area contributed by atoms with Crippen molar-refractivity contribution in [3.05, 3.63) is 46.0 Å². The summed E-state index contributed by atoms with van der Waals surface area (Å²) in [5.74, 6) is -0.782. The second kappa shape index (κ2) is 8.79. The Morgan fingerprint density at radius 3 is 2.77 bits per heavy atom. The quantitative estimate of drug-likeness (QED) is 0.824. The minimum absolute atomic E-state index is 0. The van der Waals surface area contributed by atoms with Crippen LogP contribution >= 0.6 is 24.0 Å². The van der Waals surface area contributed by atoms with Crippen LogP contribution in [-0.2, 0) is 0 Å². The van der Waals surface area contributed by atoms with Crippen molar-refractivity contribution in [1.82, 2.24) is 25.6 Å². The molecule has 2 N–H and O–H groups in total. The van der Waals surface area contributed by atoms with E-state index < -0.39 is 5.82 Å². The van der Waals surface area contributed by atoms with E-state index >= 15 is 0 Å². The first-order valence-electron chi connectivity index (χ1n) is 8.35. The lowest BCUT2D eigenvalue weighted by molar-refractivity contribution is 0.0934. The molecule has 1 aromatic carbocycles. The van der Waals surface area contributed by atoms with Crippen molar-refractivity contribution in [2.75, 3.05) is 13.1 Å². The van der Waals surface area contributed by atoms with Gasteiger partial charge in [0.05, 0.1) is 22.8 Å². The molecular weight excluding hydrogens is 380 g/mol. The Bertz CT molecular complexity index is 777. The summed E-state index contributed by atoms with van der Waals surface area (Å²) in [6, 6.07) is 4.35. The summed E-state index contributed by atoms with van der Waals surface area (Å²) in [4.78, 5) is 12.6. The summed E-state index contributed by atoms with van der Waals surface area (Å²) in [5, 5.41) is 14.4. The van der Waals surface area contributed by atoms with Crippen molar-refractivity contribution in [2.24, 2.45) is 0 Å². The summed E-state index contributed by atoms with van der Waals surface area (Å²) < 4.78 is 15.1. The zero-order chi connectivity index (χ0) is 18.0. The molecule has 0 saturated carbocycles. The SMILES string of the molecule is Cc1c(C(=O)NC(C)c2ccc(F)c(Cl)c2)nnn1C1CCNCC1.Cl. The third kappa shape index (κ3) is 4.34. The van der Waals surface area contributed by atoms with Crippen molar-refractivity contribution in [3.63, 3.8) is 0 Å². The summed E-state index contributed by atoms with van der Waals surface area (Å²) in [6.07, 6.45) is 1.94. The van der Waals surface area contributed by atoms with Crippen molar-refractivity contribution in [2.45, 2.75) is 38.8 Å². The Morgan fingerprint density at radius 1 is 1.42 bits per heavy atom. The number of hydrogen-bond acceptors (Lipinski definition) is 4. The molecule has 1 aliphatic heterocycles. The van der Waals surface area contributed by atoms with Gasteiger partial charge in [0.2, 0.25) is 0 Å². The molecular formula is C17H22Cl2FN5O. The molecule has 2 aromatic rings. The van der Waals surface area contributed by atoms with E-state index in [2.05, 4.69) is 20.9 Å². The number of nitrogens with zero attached hydrogens (tertiary/aromatic N) is 3. The Morgan fingerprint density at radius 2 is 2.12 bits per heavy atom. The molecule has 1 aliphatic rings. The Labute approximate surface area is 162 Å². The van der Waals surface area contributed by atoms with E-state index in [4.69, 9.17) is 11.6 Å². The largest absolute Gasteiger partial charge is 0.344 e. The van der Waals surface area contributed by atoms with Crippen LogP contribution in [0.5, 0.6) is 0 Å². The van der Waals surface area contributed by atoms with Crippen molar-refractivity contribution >= 4 is 29.9 Å². The minimum Gasteiger partial charge on any atom is -0.344 e. The molecule has 142 valence electrons. The van der Waals surface area contributed by atoms with Gasteiger partial charge in [0.15, 0.2) is 5.69 Å². The molecule has 26 heavy (non-hydrogen) atoms. The first kappa shape index (κ1) is 20.6. The number of hydrogen-bond donors (Lipinski definition) is 2. The van der Waals surface area contributed by atoms with Crippen LogP contribution in [0.15, 0.2) is 18.2 Å². The van der Waals surface area contributed by atoms with Crippen LogP contribution in [0.1, 0.15) is 53.6 Å². The van der Waals surface area contributed by atoms with Gasteiger partial charge < -0.3 is 10.6 Å². The smallest absolute Gasteiger partial charge is 0.274 e. The van der Waals surface area contributed by atoms with Crippen LogP contribution in [-0.4, -0.2) is 34.0 Å². The molecule has 1 saturated heterocycles. The Kier molecular flexibility index (Phi) is 6.97. The standard InChI is InChI=1S/C17H21ClFN5O.ClH/c1-10(12-3-4-15(19)14(18)9-12)21-17(25)16-11(2)24(23-22-16)13-5-7-20-8-6-13;/h3-4,9-10,13,20H,5-8H2,1-2H3,(H,21,25);1H. The van der Waals surface area contributed by atoms with Crippen LogP contribution in [0.3, 0.4) is 0 Å². The van der Waals surface area contributed by atoms with Gasteiger partial charge in [0.25, 0.3) is 5.91 Å². The number of piperidine rings is 1. The van der Waals surface area contributed by atoms with Gasteiger partial charge in [-0.25, -0.2) is 9.07 Å². The van der Waals surface area contributed by atoms with E-state index in [-0.39, 0.29) is 35.4 Å². The second-order valence-electron chi connectivity index (χ2n) is 6.32. The molecule has 2 heterocycles. The number of rotatable bonds is 4. The average molecular weight is 402 g/mol. The van der Waals surface area contributed by atoms with Crippen LogP contribution in [0.25, 0.3) is 0 Å². The lowest BCUT2D eigenvalue weighted by Gasteiger charge is -2.23. The highest BCUT2D eigenvalue weighted by Crippen LogP contribution is 2.22. The molecule has 6 nitrogen and oxygen atoms in total. The summed E-state index contributed by atoms with van der Waals surface area (Å²) in [5.41, 5.74) is 1.80. The normalized spacial score (nSPS) is 16.0. The highest BCUT2D eigenvalue weighted by atomic mass is 35.5. The van der Waals surface area contributed by atoms with Gasteiger partial charge in [0.1, 0.15) is 5.82 Å². The van der Waals surface area contributed by atoms with E-state index in [1.165, 1.54) is 12.1 Å². The molecule has 0 spiro atoms. The van der Waals surface area contributed by atoms with E-state index in [1.54, 1.807) is 6.07 Å². The van der Waals surface area contributed by atoms with Crippen molar-refractivity contribution < 1.29 is 9.18 Å². The molecule has 0 radical (unpaired) electrons. The first-order valence-corrected chi connectivity index (χ1v) is 8.73. The third-order valence-electron chi connectivity index (χ3n) is 4.59. The van der Waals surface area contributed by atoms with Gasteiger partial charge in [-0.1, -0.05) is 22.9 Å². The number of nitrogens with one attached hydrogen (secondary N) is 2. The molecule has 9 heteroatoms. The van der Waals surface area contributed by atoms with Gasteiger partial charge in [-0.05, 0) is 57.5 Å². The second-order valence-corrected chi connectivity index (χ2v) is 6.73. The molecule has 1 fully saturated rings. The predicted octanol–water partition coefficient (Wildman–Crippen LogP) is 3.22. The number of amides is 1. The summed E-state index contributed by atoms with van der Waals surface area (Å²) in [6.45, 7) is 5.55. The maximum Gasteiger partial charge on any atom is 0.274 e. The summed E-state index contributed by atoms with van der Waals surface area (Å²) >= 11 is 5.81. The van der Waals surface area contributed by atoms with Crippen LogP contribution in [0.2, 0.25) is 5.02 Å². The molecule has 3 rings (SSSR count). The van der Waals surface area contributed by atoms with E-state index in [9.17, 15) is 9.18 Å². The van der Waals surface area contributed by atoms with Crippen molar-refractivity contribution in [3.8, 4) is 0 Å². The first-order chi connectivity index (χ1) is 12.0. The molecule has 1 atom stereocenters.